The molecule has 2 atom stereocenters. The van der Waals surface area contributed by atoms with Crippen LogP contribution in [0.15, 0.2) is 0 Å². The van der Waals surface area contributed by atoms with E-state index in [9.17, 15) is 18.0 Å². The van der Waals surface area contributed by atoms with Crippen molar-refractivity contribution in [1.29, 1.82) is 0 Å². The van der Waals surface area contributed by atoms with Crippen molar-refractivity contribution in [2.45, 2.75) is 32.0 Å². The first-order valence-electron chi connectivity index (χ1n) is 7.18. The lowest BCUT2D eigenvalue weighted by Crippen LogP contribution is -2.57. The van der Waals surface area contributed by atoms with Crippen molar-refractivity contribution in [2.75, 3.05) is 39.3 Å². The first-order chi connectivity index (χ1) is 9.37. The number of carbonyl (C=O) groups is 1. The molecule has 0 radical (unpaired) electrons. The summed E-state index contributed by atoms with van der Waals surface area (Å²) in [5.74, 6) is 0.341. The Kier molecular flexibility index (Phi) is 4.90. The highest BCUT2D eigenvalue weighted by Gasteiger charge is 2.35. The van der Waals surface area contributed by atoms with Crippen LogP contribution in [0.4, 0.5) is 13.2 Å². The third-order valence-electron chi connectivity index (χ3n) is 4.12. The first-order valence-corrected chi connectivity index (χ1v) is 7.18. The average molecular weight is 293 g/mol. The van der Waals surface area contributed by atoms with E-state index in [0.717, 1.165) is 19.4 Å². The van der Waals surface area contributed by atoms with Crippen LogP contribution >= 0.6 is 0 Å². The molecule has 0 spiro atoms. The van der Waals surface area contributed by atoms with E-state index in [-0.39, 0.29) is 11.9 Å². The largest absolute Gasteiger partial charge is 0.401 e. The van der Waals surface area contributed by atoms with E-state index in [1.165, 1.54) is 4.90 Å². The zero-order valence-electron chi connectivity index (χ0n) is 11.7. The zero-order chi connectivity index (χ0) is 14.8. The summed E-state index contributed by atoms with van der Waals surface area (Å²) >= 11 is 0. The number of rotatable bonds is 2. The fourth-order valence-electron chi connectivity index (χ4n) is 2.96. The molecule has 2 aliphatic rings. The van der Waals surface area contributed by atoms with Crippen LogP contribution in [0.25, 0.3) is 0 Å². The highest BCUT2D eigenvalue weighted by atomic mass is 19.4. The van der Waals surface area contributed by atoms with Crippen molar-refractivity contribution >= 4 is 5.91 Å². The van der Waals surface area contributed by atoms with Gasteiger partial charge in [-0.15, -0.1) is 0 Å². The summed E-state index contributed by atoms with van der Waals surface area (Å²) < 4.78 is 36.9. The molecule has 1 amide bonds. The molecule has 0 bridgehead atoms. The topological polar surface area (TPSA) is 35.6 Å². The van der Waals surface area contributed by atoms with Gasteiger partial charge in [0.2, 0.25) is 5.91 Å². The highest BCUT2D eigenvalue weighted by Crippen LogP contribution is 2.20. The third-order valence-corrected chi connectivity index (χ3v) is 4.12. The van der Waals surface area contributed by atoms with E-state index in [0.29, 0.717) is 32.1 Å². The van der Waals surface area contributed by atoms with Gasteiger partial charge in [-0.2, -0.15) is 13.2 Å². The number of nitrogens with one attached hydrogen (secondary N) is 1. The summed E-state index contributed by atoms with van der Waals surface area (Å²) in [6.07, 6.45) is -2.06. The second kappa shape index (κ2) is 6.30. The van der Waals surface area contributed by atoms with Crippen LogP contribution in [0.2, 0.25) is 0 Å². The van der Waals surface area contributed by atoms with Crippen molar-refractivity contribution in [3.05, 3.63) is 0 Å². The Hall–Kier alpha value is -0.820. The molecular formula is C13H22F3N3O. The second-order valence-electron chi connectivity index (χ2n) is 5.77. The van der Waals surface area contributed by atoms with Crippen molar-refractivity contribution in [3.63, 3.8) is 0 Å². The monoisotopic (exact) mass is 293 g/mol. The number of hydrogen-bond donors (Lipinski definition) is 1. The lowest BCUT2D eigenvalue weighted by Gasteiger charge is -2.39. The Morgan fingerprint density at radius 2 is 1.90 bits per heavy atom. The predicted octanol–water partition coefficient (Wildman–Crippen LogP) is 1.08. The minimum Gasteiger partial charge on any atom is -0.339 e. The van der Waals surface area contributed by atoms with Crippen molar-refractivity contribution in [3.8, 4) is 0 Å². The Bertz CT molecular complexity index is 340. The van der Waals surface area contributed by atoms with Crippen molar-refractivity contribution < 1.29 is 18.0 Å². The molecule has 4 nitrogen and oxygen atoms in total. The lowest BCUT2D eigenvalue weighted by atomic mass is 9.91. The molecule has 116 valence electrons. The molecule has 1 N–H and O–H groups in total. The second-order valence-corrected chi connectivity index (χ2v) is 5.77. The molecule has 2 fully saturated rings. The minimum absolute atomic E-state index is 0.0452. The van der Waals surface area contributed by atoms with Gasteiger partial charge in [0.25, 0.3) is 0 Å². The molecule has 0 aromatic rings. The molecule has 2 rings (SSSR count). The van der Waals surface area contributed by atoms with Crippen molar-refractivity contribution in [1.82, 2.24) is 15.1 Å². The van der Waals surface area contributed by atoms with E-state index in [1.807, 2.05) is 0 Å². The van der Waals surface area contributed by atoms with Gasteiger partial charge in [0.15, 0.2) is 0 Å². The molecule has 0 saturated carbocycles. The van der Waals surface area contributed by atoms with Crippen LogP contribution in [0.3, 0.4) is 0 Å². The number of alkyl halides is 3. The van der Waals surface area contributed by atoms with E-state index < -0.39 is 12.7 Å². The Morgan fingerprint density at radius 1 is 1.25 bits per heavy atom. The first kappa shape index (κ1) is 15.6. The van der Waals surface area contributed by atoms with Gasteiger partial charge >= 0.3 is 6.18 Å². The summed E-state index contributed by atoms with van der Waals surface area (Å²) in [5, 5.41) is 3.23. The van der Waals surface area contributed by atoms with E-state index in [4.69, 9.17) is 0 Å². The maximum absolute atomic E-state index is 12.4. The molecule has 2 saturated heterocycles. The number of carbonyl (C=O) groups excluding carboxylic acids is 1. The van der Waals surface area contributed by atoms with Gasteiger partial charge < -0.3 is 10.2 Å². The van der Waals surface area contributed by atoms with Gasteiger partial charge in [-0.1, -0.05) is 6.92 Å². The smallest absolute Gasteiger partial charge is 0.339 e. The van der Waals surface area contributed by atoms with Gasteiger partial charge in [0.1, 0.15) is 0 Å². The van der Waals surface area contributed by atoms with Gasteiger partial charge in [0, 0.05) is 26.2 Å². The molecule has 0 aromatic heterocycles. The van der Waals surface area contributed by atoms with Crippen LogP contribution in [-0.2, 0) is 4.79 Å². The maximum atomic E-state index is 12.4. The molecule has 2 heterocycles. The van der Waals surface area contributed by atoms with E-state index >= 15 is 0 Å². The minimum atomic E-state index is -4.16. The van der Waals surface area contributed by atoms with Crippen molar-refractivity contribution in [2.24, 2.45) is 5.92 Å². The molecule has 0 aromatic carbocycles. The van der Waals surface area contributed by atoms with E-state index in [2.05, 4.69) is 12.2 Å². The lowest BCUT2D eigenvalue weighted by molar-refractivity contribution is -0.152. The van der Waals surface area contributed by atoms with Gasteiger partial charge in [-0.25, -0.2) is 0 Å². The Balaban J connectivity index is 1.82. The number of amides is 1. The maximum Gasteiger partial charge on any atom is 0.401 e. The molecule has 2 unspecified atom stereocenters. The molecule has 20 heavy (non-hydrogen) atoms. The molecule has 7 heteroatoms. The summed E-state index contributed by atoms with van der Waals surface area (Å²) in [6.45, 7) is 3.38. The average Bonchev–Trinajstić information content (AvgIpc) is 2.37. The fraction of sp³-hybridized carbons (Fsp3) is 0.923. The summed E-state index contributed by atoms with van der Waals surface area (Å²) in [7, 11) is 0. The van der Waals surface area contributed by atoms with Gasteiger partial charge in [-0.3, -0.25) is 9.69 Å². The van der Waals surface area contributed by atoms with Crippen LogP contribution in [0.5, 0.6) is 0 Å². The van der Waals surface area contributed by atoms with Crippen LogP contribution in [0, 0.1) is 5.92 Å². The Labute approximate surface area is 117 Å². The third kappa shape index (κ3) is 4.09. The molecular weight excluding hydrogens is 271 g/mol. The Morgan fingerprint density at radius 3 is 2.45 bits per heavy atom. The zero-order valence-corrected chi connectivity index (χ0v) is 11.7. The van der Waals surface area contributed by atoms with E-state index in [1.54, 1.807) is 4.90 Å². The van der Waals surface area contributed by atoms with Gasteiger partial charge in [0.05, 0.1) is 12.6 Å². The molecule has 2 aliphatic heterocycles. The van der Waals surface area contributed by atoms with Crippen LogP contribution < -0.4 is 5.32 Å². The van der Waals surface area contributed by atoms with Gasteiger partial charge in [-0.05, 0) is 25.3 Å². The number of nitrogens with zero attached hydrogens (tertiary/aromatic N) is 2. The van der Waals surface area contributed by atoms with Crippen LogP contribution in [0.1, 0.15) is 19.8 Å². The normalized spacial score (nSPS) is 29.5. The number of halogens is 3. The number of piperidine rings is 1. The summed E-state index contributed by atoms with van der Waals surface area (Å²) in [5.41, 5.74) is 0. The highest BCUT2D eigenvalue weighted by molar-refractivity contribution is 5.82. The SMILES string of the molecule is CC1CCCNC1C(=O)N1CCN(CC(F)(F)F)CC1. The standard InChI is InChI=1S/C13H22F3N3O/c1-10-3-2-4-17-11(10)12(20)19-7-5-18(6-8-19)9-13(14,15)16/h10-11,17H,2-9H2,1H3. The fourth-order valence-corrected chi connectivity index (χ4v) is 2.96. The van der Waals surface area contributed by atoms with Crippen LogP contribution in [-0.4, -0.2) is 67.2 Å². The molecule has 0 aliphatic carbocycles. The number of hydrogen-bond acceptors (Lipinski definition) is 3. The summed E-state index contributed by atoms with van der Waals surface area (Å²) in [4.78, 5) is 15.4. The summed E-state index contributed by atoms with van der Waals surface area (Å²) in [6, 6.07) is -0.169. The quantitative estimate of drug-likeness (QED) is 0.827. The number of piperazine rings is 1. The predicted molar refractivity (Wildman–Crippen MR) is 69.3 cm³/mol.